The van der Waals surface area contributed by atoms with Gasteiger partial charge in [0.2, 0.25) is 11.8 Å². The first-order chi connectivity index (χ1) is 14.2. The number of nitrogens with one attached hydrogen (secondary N) is 3. The quantitative estimate of drug-likeness (QED) is 0.518. The van der Waals surface area contributed by atoms with E-state index in [0.29, 0.717) is 32.1 Å². The number of rotatable bonds is 8. The first-order valence-electron chi connectivity index (χ1n) is 11.5. The third-order valence-corrected chi connectivity index (χ3v) is 5.65. The molecule has 3 N–H and O–H groups in total. The van der Waals surface area contributed by atoms with Crippen molar-refractivity contribution in [3.05, 3.63) is 0 Å². The van der Waals surface area contributed by atoms with Crippen molar-refractivity contribution in [1.29, 1.82) is 0 Å². The summed E-state index contributed by atoms with van der Waals surface area (Å²) in [7, 11) is 0. The van der Waals surface area contributed by atoms with Crippen molar-refractivity contribution in [2.75, 3.05) is 39.3 Å². The van der Waals surface area contributed by atoms with Crippen LogP contribution in [0.3, 0.4) is 0 Å². The minimum Gasteiger partial charge on any atom is -0.444 e. The Morgan fingerprint density at radius 3 is 2.33 bits per heavy atom. The minimum atomic E-state index is -0.540. The predicted octanol–water partition coefficient (Wildman–Crippen LogP) is 2.04. The Kier molecular flexibility index (Phi) is 9.88. The van der Waals surface area contributed by atoms with Gasteiger partial charge in [0, 0.05) is 26.2 Å². The normalized spacial score (nSPS) is 21.0. The van der Waals surface area contributed by atoms with Gasteiger partial charge in [0.05, 0.1) is 12.5 Å². The first kappa shape index (κ1) is 24.4. The SMILES string of the molecule is CC(C)(C)OC(=O)NCCNC(=O)C1CCCN(CC(=O)NCC2CCCCC2)C1. The van der Waals surface area contributed by atoms with E-state index in [9.17, 15) is 14.4 Å². The Hall–Kier alpha value is -1.83. The van der Waals surface area contributed by atoms with Crippen LogP contribution in [-0.4, -0.2) is 67.7 Å². The zero-order valence-electron chi connectivity index (χ0n) is 18.9. The number of nitrogens with zero attached hydrogens (tertiary/aromatic N) is 1. The zero-order valence-corrected chi connectivity index (χ0v) is 18.9. The summed E-state index contributed by atoms with van der Waals surface area (Å²) in [5.74, 6) is 0.541. The van der Waals surface area contributed by atoms with E-state index in [1.807, 2.05) is 0 Å². The number of alkyl carbamates (subject to hydrolysis) is 1. The van der Waals surface area contributed by atoms with Gasteiger partial charge in [0.25, 0.3) is 0 Å². The number of hydrogen-bond donors (Lipinski definition) is 3. The second-order valence-electron chi connectivity index (χ2n) is 9.60. The lowest BCUT2D eigenvalue weighted by Gasteiger charge is -2.31. The second kappa shape index (κ2) is 12.1. The third-order valence-electron chi connectivity index (χ3n) is 5.65. The largest absolute Gasteiger partial charge is 0.444 e. The Morgan fingerprint density at radius 1 is 0.933 bits per heavy atom. The van der Waals surface area contributed by atoms with E-state index < -0.39 is 11.7 Å². The van der Waals surface area contributed by atoms with E-state index in [1.54, 1.807) is 20.8 Å². The highest BCUT2D eigenvalue weighted by atomic mass is 16.6. The number of carbonyl (C=O) groups is 3. The van der Waals surface area contributed by atoms with Gasteiger partial charge in [-0.15, -0.1) is 0 Å². The van der Waals surface area contributed by atoms with Crippen LogP contribution in [0.1, 0.15) is 65.7 Å². The highest BCUT2D eigenvalue weighted by Crippen LogP contribution is 2.22. The average Bonchev–Trinajstić information content (AvgIpc) is 2.69. The van der Waals surface area contributed by atoms with E-state index in [2.05, 4.69) is 20.9 Å². The second-order valence-corrected chi connectivity index (χ2v) is 9.60. The summed E-state index contributed by atoms with van der Waals surface area (Å²) in [6, 6.07) is 0. The van der Waals surface area contributed by atoms with Gasteiger partial charge < -0.3 is 20.7 Å². The highest BCUT2D eigenvalue weighted by molar-refractivity contribution is 5.80. The molecule has 1 heterocycles. The van der Waals surface area contributed by atoms with Crippen molar-refractivity contribution in [2.24, 2.45) is 11.8 Å². The number of hydrogen-bond acceptors (Lipinski definition) is 5. The Labute approximate surface area is 180 Å². The molecule has 8 heteroatoms. The van der Waals surface area contributed by atoms with Gasteiger partial charge in [0.1, 0.15) is 5.60 Å². The summed E-state index contributed by atoms with van der Waals surface area (Å²) < 4.78 is 5.16. The van der Waals surface area contributed by atoms with Gasteiger partial charge in [-0.05, 0) is 58.9 Å². The summed E-state index contributed by atoms with van der Waals surface area (Å²) in [5, 5.41) is 8.59. The fourth-order valence-electron chi connectivity index (χ4n) is 4.13. The van der Waals surface area contributed by atoms with Crippen molar-refractivity contribution >= 4 is 17.9 Å². The lowest BCUT2D eigenvalue weighted by molar-refractivity contribution is -0.129. The van der Waals surface area contributed by atoms with Gasteiger partial charge in [-0.3, -0.25) is 14.5 Å². The molecule has 2 aliphatic rings. The Morgan fingerprint density at radius 2 is 1.63 bits per heavy atom. The van der Waals surface area contributed by atoms with Crippen LogP contribution >= 0.6 is 0 Å². The molecule has 0 spiro atoms. The van der Waals surface area contributed by atoms with Gasteiger partial charge in [-0.25, -0.2) is 4.79 Å². The molecule has 1 aliphatic carbocycles. The summed E-state index contributed by atoms with van der Waals surface area (Å²) in [4.78, 5) is 38.4. The monoisotopic (exact) mass is 424 g/mol. The third kappa shape index (κ3) is 9.78. The fourth-order valence-corrected chi connectivity index (χ4v) is 4.13. The van der Waals surface area contributed by atoms with Crippen LogP contribution in [0.4, 0.5) is 4.79 Å². The van der Waals surface area contributed by atoms with E-state index >= 15 is 0 Å². The molecule has 2 rings (SSSR count). The van der Waals surface area contributed by atoms with Gasteiger partial charge >= 0.3 is 6.09 Å². The maximum atomic E-state index is 12.5. The van der Waals surface area contributed by atoms with Crippen molar-refractivity contribution in [1.82, 2.24) is 20.9 Å². The lowest BCUT2D eigenvalue weighted by Crippen LogP contribution is -2.47. The van der Waals surface area contributed by atoms with E-state index in [4.69, 9.17) is 4.74 Å². The number of carbonyl (C=O) groups excluding carboxylic acids is 3. The van der Waals surface area contributed by atoms with Crippen LogP contribution in [0.15, 0.2) is 0 Å². The topological polar surface area (TPSA) is 99.8 Å². The Balaban J connectivity index is 1.61. The molecule has 8 nitrogen and oxygen atoms in total. The fraction of sp³-hybridized carbons (Fsp3) is 0.864. The van der Waals surface area contributed by atoms with E-state index in [0.717, 1.165) is 25.9 Å². The van der Waals surface area contributed by atoms with Crippen molar-refractivity contribution < 1.29 is 19.1 Å². The molecule has 2 fully saturated rings. The molecule has 30 heavy (non-hydrogen) atoms. The van der Waals surface area contributed by atoms with Crippen LogP contribution in [0.2, 0.25) is 0 Å². The molecule has 0 aromatic rings. The molecule has 172 valence electrons. The summed E-state index contributed by atoms with van der Waals surface area (Å²) >= 11 is 0. The summed E-state index contributed by atoms with van der Waals surface area (Å²) in [6.45, 7) is 8.68. The standard InChI is InChI=1S/C22H40N4O4/c1-22(2,3)30-21(29)24-12-11-23-20(28)18-10-7-13-26(15-18)16-19(27)25-14-17-8-5-4-6-9-17/h17-18H,4-16H2,1-3H3,(H,23,28)(H,24,29)(H,25,27). The molecule has 0 radical (unpaired) electrons. The molecular weight excluding hydrogens is 384 g/mol. The number of ether oxygens (including phenoxy) is 1. The summed E-state index contributed by atoms with van der Waals surface area (Å²) in [6.07, 6.45) is 7.55. The van der Waals surface area contributed by atoms with Crippen LogP contribution in [0.25, 0.3) is 0 Å². The molecule has 1 saturated heterocycles. The summed E-state index contributed by atoms with van der Waals surface area (Å²) in [5.41, 5.74) is -0.540. The molecule has 1 unspecified atom stereocenters. The van der Waals surface area contributed by atoms with Crippen LogP contribution in [0, 0.1) is 11.8 Å². The Bertz CT molecular complexity index is 570. The molecule has 0 aromatic heterocycles. The van der Waals surface area contributed by atoms with Gasteiger partial charge in [-0.1, -0.05) is 19.3 Å². The van der Waals surface area contributed by atoms with Gasteiger partial charge in [0.15, 0.2) is 0 Å². The van der Waals surface area contributed by atoms with Crippen molar-refractivity contribution in [2.45, 2.75) is 71.3 Å². The number of piperidine rings is 1. The number of likely N-dealkylation sites (tertiary alicyclic amines) is 1. The maximum absolute atomic E-state index is 12.5. The minimum absolute atomic E-state index is 0.0201. The van der Waals surface area contributed by atoms with Crippen LogP contribution in [-0.2, 0) is 14.3 Å². The average molecular weight is 425 g/mol. The zero-order chi connectivity index (χ0) is 22.0. The first-order valence-corrected chi connectivity index (χ1v) is 11.5. The van der Waals surface area contributed by atoms with Crippen LogP contribution < -0.4 is 16.0 Å². The lowest BCUT2D eigenvalue weighted by atomic mass is 9.89. The highest BCUT2D eigenvalue weighted by Gasteiger charge is 2.27. The predicted molar refractivity (Wildman–Crippen MR) is 116 cm³/mol. The smallest absolute Gasteiger partial charge is 0.407 e. The van der Waals surface area contributed by atoms with E-state index in [-0.39, 0.29) is 17.7 Å². The molecule has 1 atom stereocenters. The van der Waals surface area contributed by atoms with E-state index in [1.165, 1.54) is 32.1 Å². The molecular formula is C22H40N4O4. The van der Waals surface area contributed by atoms with Crippen molar-refractivity contribution in [3.63, 3.8) is 0 Å². The molecule has 3 amide bonds. The maximum Gasteiger partial charge on any atom is 0.407 e. The molecule has 0 aromatic carbocycles. The molecule has 1 saturated carbocycles. The number of amides is 3. The van der Waals surface area contributed by atoms with Crippen molar-refractivity contribution in [3.8, 4) is 0 Å². The molecule has 0 bridgehead atoms. The van der Waals surface area contributed by atoms with Crippen LogP contribution in [0.5, 0.6) is 0 Å². The van der Waals surface area contributed by atoms with Gasteiger partial charge in [-0.2, -0.15) is 0 Å². The molecule has 1 aliphatic heterocycles.